The van der Waals surface area contributed by atoms with Gasteiger partial charge in [-0.1, -0.05) is 65.6 Å². The molecule has 0 bridgehead atoms. The molecule has 156 valence electrons. The van der Waals surface area contributed by atoms with Gasteiger partial charge in [0.15, 0.2) is 0 Å². The van der Waals surface area contributed by atoms with Crippen LogP contribution in [0.15, 0.2) is 28.7 Å². The van der Waals surface area contributed by atoms with Crippen LogP contribution >= 0.6 is 27.3 Å². The van der Waals surface area contributed by atoms with Crippen molar-refractivity contribution in [2.45, 2.75) is 64.3 Å². The number of benzene rings is 1. The zero-order valence-corrected chi connectivity index (χ0v) is 19.1. The molecule has 2 amide bonds. The number of carbonyl (C=O) groups is 2. The van der Waals surface area contributed by atoms with Crippen molar-refractivity contribution in [3.8, 4) is 10.6 Å². The van der Waals surface area contributed by atoms with Gasteiger partial charge in [-0.2, -0.15) is 0 Å². The molecule has 2 aromatic rings. The molecule has 0 aliphatic heterocycles. The lowest BCUT2D eigenvalue weighted by atomic mass is 9.93. The lowest BCUT2D eigenvalue weighted by Gasteiger charge is -2.34. The monoisotopic (exact) mass is 478 g/mol. The lowest BCUT2D eigenvalue weighted by Crippen LogP contribution is -2.42. The minimum absolute atomic E-state index is 0.132. The highest BCUT2D eigenvalue weighted by atomic mass is 79.9. The number of halogens is 1. The van der Waals surface area contributed by atoms with E-state index >= 15 is 0 Å². The molecular formula is C21H27BrN4O2S. The van der Waals surface area contributed by atoms with Crippen molar-refractivity contribution in [2.24, 2.45) is 0 Å². The van der Waals surface area contributed by atoms with Crippen molar-refractivity contribution in [3.05, 3.63) is 28.7 Å². The molecule has 29 heavy (non-hydrogen) atoms. The van der Waals surface area contributed by atoms with Crippen molar-refractivity contribution in [1.82, 2.24) is 15.1 Å². The molecule has 0 saturated heterocycles. The molecule has 1 aromatic carbocycles. The Morgan fingerprint density at radius 1 is 1.21 bits per heavy atom. The highest BCUT2D eigenvalue weighted by molar-refractivity contribution is 9.10. The van der Waals surface area contributed by atoms with Gasteiger partial charge >= 0.3 is 0 Å². The van der Waals surface area contributed by atoms with Crippen LogP contribution in [0.25, 0.3) is 10.6 Å². The van der Waals surface area contributed by atoms with Crippen LogP contribution in [0.3, 0.4) is 0 Å². The highest BCUT2D eigenvalue weighted by Crippen LogP contribution is 2.28. The van der Waals surface area contributed by atoms with E-state index in [2.05, 4.69) is 31.4 Å². The van der Waals surface area contributed by atoms with Crippen LogP contribution < -0.4 is 5.32 Å². The van der Waals surface area contributed by atoms with Crippen LogP contribution in [-0.2, 0) is 9.59 Å². The van der Waals surface area contributed by atoms with Crippen LogP contribution in [0.5, 0.6) is 0 Å². The molecule has 1 aliphatic rings. The van der Waals surface area contributed by atoms with Gasteiger partial charge in [0, 0.05) is 35.5 Å². The van der Waals surface area contributed by atoms with Gasteiger partial charge < -0.3 is 10.2 Å². The number of rotatable bonds is 8. The lowest BCUT2D eigenvalue weighted by molar-refractivity contribution is -0.134. The molecule has 6 nitrogen and oxygen atoms in total. The van der Waals surface area contributed by atoms with Gasteiger partial charge in [-0.3, -0.25) is 9.59 Å². The van der Waals surface area contributed by atoms with Crippen molar-refractivity contribution < 1.29 is 9.59 Å². The van der Waals surface area contributed by atoms with E-state index in [1.807, 2.05) is 36.1 Å². The average molecular weight is 479 g/mol. The van der Waals surface area contributed by atoms with Crippen LogP contribution in [-0.4, -0.2) is 39.5 Å². The first kappa shape index (κ1) is 21.9. The Balaban J connectivity index is 1.57. The molecule has 1 N–H and O–H groups in total. The largest absolute Gasteiger partial charge is 0.339 e. The number of hydrogen-bond acceptors (Lipinski definition) is 5. The van der Waals surface area contributed by atoms with Crippen LogP contribution in [0.2, 0.25) is 0 Å². The normalized spacial score (nSPS) is 14.6. The number of nitrogens with one attached hydrogen (secondary N) is 1. The maximum atomic E-state index is 12.6. The Hall–Kier alpha value is -1.80. The zero-order valence-electron chi connectivity index (χ0n) is 16.7. The standard InChI is InChI=1S/C21H27BrN4O2S/c1-2-7-19(28)26(17-10-4-3-5-11-17)13-12-18(27)23-21-25-24-20(29-21)15-8-6-9-16(22)14-15/h6,8-9,14,17H,2-5,7,10-13H2,1H3,(H,23,25,27). The Kier molecular flexibility index (Phi) is 8.18. The third-order valence-corrected chi connectivity index (χ3v) is 6.50. The Bertz CT molecular complexity index is 836. The second kappa shape index (κ2) is 10.8. The molecular weight excluding hydrogens is 452 g/mol. The van der Waals surface area contributed by atoms with E-state index in [0.29, 0.717) is 18.1 Å². The summed E-state index contributed by atoms with van der Waals surface area (Å²) in [6.45, 7) is 2.48. The minimum atomic E-state index is -0.132. The number of carbonyl (C=O) groups excluding carboxylic acids is 2. The molecule has 1 heterocycles. The summed E-state index contributed by atoms with van der Waals surface area (Å²) in [7, 11) is 0. The Morgan fingerprint density at radius 3 is 2.72 bits per heavy atom. The maximum absolute atomic E-state index is 12.6. The van der Waals surface area contributed by atoms with Crippen molar-refractivity contribution >= 4 is 44.2 Å². The summed E-state index contributed by atoms with van der Waals surface area (Å²) < 4.78 is 0.968. The second-order valence-corrected chi connectivity index (χ2v) is 9.24. The van der Waals surface area contributed by atoms with Gasteiger partial charge in [0.05, 0.1) is 0 Å². The van der Waals surface area contributed by atoms with E-state index in [1.54, 1.807) is 0 Å². The van der Waals surface area contributed by atoms with Crippen LogP contribution in [0.4, 0.5) is 5.13 Å². The fourth-order valence-electron chi connectivity index (χ4n) is 3.68. The second-order valence-electron chi connectivity index (χ2n) is 7.35. The number of nitrogens with zero attached hydrogens (tertiary/aromatic N) is 3. The van der Waals surface area contributed by atoms with Gasteiger partial charge in [-0.05, 0) is 31.4 Å². The van der Waals surface area contributed by atoms with Gasteiger partial charge in [0.2, 0.25) is 16.9 Å². The molecule has 0 spiro atoms. The number of hydrogen-bond donors (Lipinski definition) is 1. The van der Waals surface area contributed by atoms with Crippen LogP contribution in [0.1, 0.15) is 58.3 Å². The van der Waals surface area contributed by atoms with Crippen molar-refractivity contribution in [2.75, 3.05) is 11.9 Å². The molecule has 1 saturated carbocycles. The molecule has 0 unspecified atom stereocenters. The predicted octanol–water partition coefficient (Wildman–Crippen LogP) is 5.26. The summed E-state index contributed by atoms with van der Waals surface area (Å²) in [6.07, 6.45) is 7.31. The summed E-state index contributed by atoms with van der Waals surface area (Å²) in [5.74, 6) is 0.0344. The molecule has 0 atom stereocenters. The van der Waals surface area contributed by atoms with E-state index in [9.17, 15) is 9.59 Å². The van der Waals surface area contributed by atoms with Crippen LogP contribution in [0, 0.1) is 0 Å². The SMILES string of the molecule is CCCC(=O)N(CCC(=O)Nc1nnc(-c2cccc(Br)c2)s1)C1CCCCC1. The Labute approximate surface area is 184 Å². The molecule has 3 rings (SSSR count). The molecule has 1 aliphatic carbocycles. The summed E-state index contributed by atoms with van der Waals surface area (Å²) >= 11 is 4.79. The quantitative estimate of drug-likeness (QED) is 0.561. The number of amides is 2. The van der Waals surface area contributed by atoms with Crippen molar-refractivity contribution in [3.63, 3.8) is 0 Å². The minimum Gasteiger partial charge on any atom is -0.339 e. The smallest absolute Gasteiger partial charge is 0.227 e. The van der Waals surface area contributed by atoms with E-state index in [0.717, 1.165) is 47.1 Å². The molecule has 0 radical (unpaired) electrons. The number of anilines is 1. The third-order valence-electron chi connectivity index (χ3n) is 5.12. The summed E-state index contributed by atoms with van der Waals surface area (Å²) in [6, 6.07) is 8.09. The fourth-order valence-corrected chi connectivity index (χ4v) is 4.83. The van der Waals surface area contributed by atoms with Crippen molar-refractivity contribution in [1.29, 1.82) is 0 Å². The average Bonchev–Trinajstić information content (AvgIpc) is 3.17. The zero-order chi connectivity index (χ0) is 20.6. The molecule has 8 heteroatoms. The first-order valence-electron chi connectivity index (χ1n) is 10.3. The van der Waals surface area contributed by atoms with Gasteiger partial charge in [0.1, 0.15) is 5.01 Å². The highest BCUT2D eigenvalue weighted by Gasteiger charge is 2.25. The maximum Gasteiger partial charge on any atom is 0.227 e. The van der Waals surface area contributed by atoms with E-state index < -0.39 is 0 Å². The number of aromatic nitrogens is 2. The fraction of sp³-hybridized carbons (Fsp3) is 0.524. The van der Waals surface area contributed by atoms with E-state index in [-0.39, 0.29) is 24.3 Å². The topological polar surface area (TPSA) is 75.2 Å². The molecule has 1 fully saturated rings. The molecule has 1 aromatic heterocycles. The van der Waals surface area contributed by atoms with Gasteiger partial charge in [-0.25, -0.2) is 0 Å². The predicted molar refractivity (Wildman–Crippen MR) is 120 cm³/mol. The van der Waals surface area contributed by atoms with Gasteiger partial charge in [0.25, 0.3) is 0 Å². The van der Waals surface area contributed by atoms with Gasteiger partial charge in [-0.15, -0.1) is 10.2 Å². The Morgan fingerprint density at radius 2 is 2.00 bits per heavy atom. The van der Waals surface area contributed by atoms with E-state index in [4.69, 9.17) is 0 Å². The first-order valence-corrected chi connectivity index (χ1v) is 11.9. The summed E-state index contributed by atoms with van der Waals surface area (Å²) in [5.41, 5.74) is 0.950. The summed E-state index contributed by atoms with van der Waals surface area (Å²) in [4.78, 5) is 27.0. The summed E-state index contributed by atoms with van der Waals surface area (Å²) in [5, 5.41) is 12.3. The van der Waals surface area contributed by atoms with E-state index in [1.165, 1.54) is 17.8 Å². The third kappa shape index (κ3) is 6.34. The first-order chi connectivity index (χ1) is 14.1.